The maximum Gasteiger partial charge on any atom is 0.416 e. The number of hydrogen-bond donors (Lipinski definition) is 1. The van der Waals surface area contributed by atoms with Crippen LogP contribution in [0.1, 0.15) is 41.8 Å². The third-order valence-electron chi connectivity index (χ3n) is 5.69. The molecule has 3 rings (SSSR count). The van der Waals surface area contributed by atoms with E-state index in [0.717, 1.165) is 19.9 Å². The fourth-order valence-corrected chi connectivity index (χ4v) is 3.77. The summed E-state index contributed by atoms with van der Waals surface area (Å²) in [6.45, 7) is 3.82. The van der Waals surface area contributed by atoms with Crippen molar-refractivity contribution in [2.45, 2.75) is 38.5 Å². The van der Waals surface area contributed by atoms with Crippen LogP contribution in [0.2, 0.25) is 5.15 Å². The summed E-state index contributed by atoms with van der Waals surface area (Å²) in [5.41, 5.74) is -5.31. The number of nitriles is 1. The molecule has 1 heterocycles. The second-order valence-corrected chi connectivity index (χ2v) is 9.05. The molecular formula is C25H17ClF7N3O. The summed E-state index contributed by atoms with van der Waals surface area (Å²) < 4.78 is 93.8. The van der Waals surface area contributed by atoms with Crippen molar-refractivity contribution in [1.82, 2.24) is 4.98 Å². The second kappa shape index (κ2) is 9.67. The van der Waals surface area contributed by atoms with Gasteiger partial charge < -0.3 is 5.32 Å². The lowest BCUT2D eigenvalue weighted by molar-refractivity contribution is -0.143. The Balaban J connectivity index is 2.16. The van der Waals surface area contributed by atoms with Crippen molar-refractivity contribution in [3.05, 3.63) is 81.4 Å². The van der Waals surface area contributed by atoms with Crippen molar-refractivity contribution >= 4 is 23.2 Å². The van der Waals surface area contributed by atoms with Gasteiger partial charge in [0.25, 0.3) is 0 Å². The highest BCUT2D eigenvalue weighted by Crippen LogP contribution is 2.40. The smallest absolute Gasteiger partial charge is 0.322 e. The molecule has 37 heavy (non-hydrogen) atoms. The number of halogens is 8. The minimum absolute atomic E-state index is 0.0379. The molecule has 0 atom stereocenters. The van der Waals surface area contributed by atoms with Crippen LogP contribution in [0.4, 0.5) is 36.4 Å². The Morgan fingerprint density at radius 2 is 1.46 bits per heavy atom. The van der Waals surface area contributed by atoms with Crippen molar-refractivity contribution in [2.75, 3.05) is 5.32 Å². The second-order valence-electron chi connectivity index (χ2n) is 8.66. The highest BCUT2D eigenvalue weighted by atomic mass is 35.5. The molecule has 1 amide bonds. The Labute approximate surface area is 211 Å². The average Bonchev–Trinajstić information content (AvgIpc) is 2.78. The number of benzene rings is 2. The molecule has 0 saturated carbocycles. The molecule has 2 aromatic carbocycles. The van der Waals surface area contributed by atoms with Gasteiger partial charge >= 0.3 is 12.4 Å². The van der Waals surface area contributed by atoms with Gasteiger partial charge in [0.05, 0.1) is 22.2 Å². The molecule has 12 heteroatoms. The topological polar surface area (TPSA) is 65.8 Å². The van der Waals surface area contributed by atoms with Gasteiger partial charge in [0, 0.05) is 5.56 Å². The number of carbonyl (C=O) groups excluding carboxylic acids is 1. The van der Waals surface area contributed by atoms with Crippen molar-refractivity contribution in [3.63, 3.8) is 0 Å². The Bertz CT molecular complexity index is 1390. The zero-order chi connectivity index (χ0) is 27.9. The monoisotopic (exact) mass is 543 g/mol. The molecule has 0 aliphatic heterocycles. The van der Waals surface area contributed by atoms with Gasteiger partial charge in [-0.3, -0.25) is 4.79 Å². The van der Waals surface area contributed by atoms with Crippen LogP contribution in [-0.4, -0.2) is 10.9 Å². The maximum absolute atomic E-state index is 13.7. The Morgan fingerprint density at radius 3 is 1.95 bits per heavy atom. The van der Waals surface area contributed by atoms with Crippen LogP contribution in [0.3, 0.4) is 0 Å². The summed E-state index contributed by atoms with van der Waals surface area (Å²) in [6.07, 6.45) is -10.2. The normalized spacial score (nSPS) is 12.3. The first-order valence-corrected chi connectivity index (χ1v) is 10.8. The number of hydrogen-bond acceptors (Lipinski definition) is 3. The number of aryl methyl sites for hydroxylation is 1. The van der Waals surface area contributed by atoms with Gasteiger partial charge in [0.1, 0.15) is 17.0 Å². The molecular weight excluding hydrogens is 527 g/mol. The number of nitrogens with one attached hydrogen (secondary N) is 1. The maximum atomic E-state index is 13.7. The molecule has 0 spiro atoms. The standard InChI is InChI=1S/C25H17ClF7N3O/c1-12-6-16(27)4-5-17(12)18-10-20(26)35-19(11-34)21(18)36-22(37)23(2,3)13-7-14(24(28,29)30)9-15(8-13)25(31,32)33/h4-10H,1-3H3,(H,36,37). The van der Waals surface area contributed by atoms with E-state index < -0.39 is 46.2 Å². The van der Waals surface area contributed by atoms with Gasteiger partial charge in [-0.15, -0.1) is 0 Å². The molecule has 1 N–H and O–H groups in total. The predicted octanol–water partition coefficient (Wildman–Crippen LogP) is 7.68. The van der Waals surface area contributed by atoms with Crippen molar-refractivity contribution in [1.29, 1.82) is 5.26 Å². The minimum Gasteiger partial charge on any atom is -0.322 e. The molecule has 3 aromatic rings. The molecule has 0 aliphatic rings. The van der Waals surface area contributed by atoms with E-state index in [2.05, 4.69) is 10.3 Å². The van der Waals surface area contributed by atoms with Crippen LogP contribution in [0, 0.1) is 24.1 Å². The molecule has 0 radical (unpaired) electrons. The van der Waals surface area contributed by atoms with E-state index in [1.54, 1.807) is 13.0 Å². The highest BCUT2D eigenvalue weighted by Gasteiger charge is 2.40. The lowest BCUT2D eigenvalue weighted by Gasteiger charge is -2.27. The third-order valence-corrected chi connectivity index (χ3v) is 5.88. The van der Waals surface area contributed by atoms with Gasteiger partial charge in [-0.25, -0.2) is 9.37 Å². The van der Waals surface area contributed by atoms with Gasteiger partial charge in [0.2, 0.25) is 5.91 Å². The fourth-order valence-electron chi connectivity index (χ4n) is 3.58. The van der Waals surface area contributed by atoms with E-state index in [1.807, 2.05) is 0 Å². The molecule has 0 fully saturated rings. The Morgan fingerprint density at radius 1 is 0.919 bits per heavy atom. The van der Waals surface area contributed by atoms with Crippen molar-refractivity contribution in [2.24, 2.45) is 0 Å². The Hall–Kier alpha value is -3.65. The molecule has 194 valence electrons. The zero-order valence-corrected chi connectivity index (χ0v) is 20.1. The summed E-state index contributed by atoms with van der Waals surface area (Å²) in [5, 5.41) is 11.9. The average molecular weight is 544 g/mol. The summed E-state index contributed by atoms with van der Waals surface area (Å²) in [5.74, 6) is -1.58. The fraction of sp³-hybridized carbons (Fsp3) is 0.240. The quantitative estimate of drug-likeness (QED) is 0.271. The van der Waals surface area contributed by atoms with Gasteiger partial charge in [0.15, 0.2) is 5.69 Å². The van der Waals surface area contributed by atoms with E-state index in [9.17, 15) is 40.8 Å². The summed E-state index contributed by atoms with van der Waals surface area (Å²) >= 11 is 6.01. The summed E-state index contributed by atoms with van der Waals surface area (Å²) in [4.78, 5) is 17.2. The van der Waals surface area contributed by atoms with Gasteiger partial charge in [-0.1, -0.05) is 17.7 Å². The number of rotatable bonds is 4. The number of nitrogens with zero attached hydrogens (tertiary/aromatic N) is 2. The van der Waals surface area contributed by atoms with Crippen LogP contribution < -0.4 is 5.32 Å². The predicted molar refractivity (Wildman–Crippen MR) is 122 cm³/mol. The first-order valence-electron chi connectivity index (χ1n) is 10.4. The molecule has 1 aromatic heterocycles. The number of carbonyl (C=O) groups is 1. The van der Waals surface area contributed by atoms with E-state index >= 15 is 0 Å². The first-order chi connectivity index (χ1) is 16.9. The number of anilines is 1. The van der Waals surface area contributed by atoms with Gasteiger partial charge in [-0.2, -0.15) is 31.6 Å². The first kappa shape index (κ1) is 27.9. The van der Waals surface area contributed by atoms with Crippen molar-refractivity contribution in [3.8, 4) is 17.2 Å². The highest BCUT2D eigenvalue weighted by molar-refractivity contribution is 6.30. The zero-order valence-electron chi connectivity index (χ0n) is 19.4. The number of amides is 1. The molecule has 4 nitrogen and oxygen atoms in total. The van der Waals surface area contributed by atoms with Crippen LogP contribution in [0.5, 0.6) is 0 Å². The van der Waals surface area contributed by atoms with Gasteiger partial charge in [-0.05, 0) is 73.9 Å². The summed E-state index contributed by atoms with van der Waals surface area (Å²) in [7, 11) is 0. The molecule has 0 aliphatic carbocycles. The van der Waals surface area contributed by atoms with Crippen LogP contribution in [-0.2, 0) is 22.6 Å². The number of pyridine rings is 1. The van der Waals surface area contributed by atoms with Crippen molar-refractivity contribution < 1.29 is 35.5 Å². The SMILES string of the molecule is Cc1cc(F)ccc1-c1cc(Cl)nc(C#N)c1NC(=O)C(C)(C)c1cc(C(F)(F)F)cc(C(F)(F)F)c1. The number of alkyl halides is 6. The lowest BCUT2D eigenvalue weighted by atomic mass is 9.81. The van der Waals surface area contributed by atoms with Crippen LogP contribution in [0.15, 0.2) is 42.5 Å². The lowest BCUT2D eigenvalue weighted by Crippen LogP contribution is -2.36. The largest absolute Gasteiger partial charge is 0.416 e. The summed E-state index contributed by atoms with van der Waals surface area (Å²) in [6, 6.07) is 7.60. The van der Waals surface area contributed by atoms with E-state index in [4.69, 9.17) is 11.6 Å². The Kier molecular flexibility index (Phi) is 7.30. The molecule has 0 bridgehead atoms. The minimum atomic E-state index is -5.11. The number of aromatic nitrogens is 1. The van der Waals surface area contributed by atoms with E-state index in [0.29, 0.717) is 23.3 Å². The van der Waals surface area contributed by atoms with Crippen LogP contribution in [0.25, 0.3) is 11.1 Å². The van der Waals surface area contributed by atoms with E-state index in [1.165, 1.54) is 18.2 Å². The molecule has 0 unspecified atom stereocenters. The third kappa shape index (κ3) is 5.85. The van der Waals surface area contributed by atoms with Crippen LogP contribution >= 0.6 is 11.6 Å². The molecule has 0 saturated heterocycles. The van der Waals surface area contributed by atoms with E-state index in [-0.39, 0.29) is 28.2 Å².